The maximum atomic E-state index is 17.5. The van der Waals surface area contributed by atoms with Crippen LogP contribution in [0.4, 0.5) is 184 Å². The Morgan fingerprint density at radius 2 is 0.297 bits per heavy atom. The first kappa shape index (κ1) is 87.3. The maximum Gasteiger partial charge on any atom is 1.00 e. The molecule has 0 fully saturated rings. The summed E-state index contributed by atoms with van der Waals surface area (Å²) in [5, 5.41) is 25.2. The molecule has 52 heteroatoms. The molecule has 0 radical (unpaired) electrons. The molecule has 118 heavy (non-hydrogen) atoms. The third-order valence-corrected chi connectivity index (χ3v) is 17.2. The van der Waals surface area contributed by atoms with Gasteiger partial charge in [0.15, 0.2) is 197 Å². The van der Waals surface area contributed by atoms with Gasteiger partial charge in [-0.2, -0.15) is 0 Å². The van der Waals surface area contributed by atoms with Crippen molar-refractivity contribution < 1.29 is 229 Å². The molecule has 2 N–H and O–H groups in total. The smallest absolute Gasteiger partial charge is 0.652 e. The van der Waals surface area contributed by atoms with Gasteiger partial charge < -0.3 is 20.2 Å². The Labute approximate surface area is 636 Å². The third-order valence-electron chi connectivity index (χ3n) is 17.2. The number of benzene rings is 6. The van der Waals surface area contributed by atoms with Gasteiger partial charge in [-0.1, -0.05) is 22.8 Å². The number of halogens is 42. The maximum absolute atomic E-state index is 17.5. The summed E-state index contributed by atoms with van der Waals surface area (Å²) in [5.41, 5.74) is -90.4. The Morgan fingerprint density at radius 1 is 0.169 bits per heavy atom. The van der Waals surface area contributed by atoms with Crippen LogP contribution < -0.4 is 9.97 Å². The normalized spacial score (nSPS) is 20.3. The van der Waals surface area contributed by atoms with Gasteiger partial charge in [-0.15, -0.1) is 0 Å². The van der Waals surface area contributed by atoms with Crippen molar-refractivity contribution in [2.75, 3.05) is 0 Å². The van der Waals surface area contributed by atoms with Crippen LogP contribution in [0.3, 0.4) is 0 Å². The average Bonchev–Trinajstić information content (AvgIpc) is 1.55. The van der Waals surface area contributed by atoms with Crippen LogP contribution in [0.25, 0.3) is 22.3 Å². The van der Waals surface area contributed by atoms with Gasteiger partial charge >= 0.3 is 34.1 Å². The molecule has 8 aromatic rings. The van der Waals surface area contributed by atoms with E-state index in [0.717, 1.165) is 0 Å². The second kappa shape index (κ2) is 29.2. The molecule has 0 aliphatic carbocycles. The summed E-state index contributed by atoms with van der Waals surface area (Å²) >= 11 is 0. The summed E-state index contributed by atoms with van der Waals surface area (Å²) in [6, 6.07) is 0. The topological polar surface area (TPSA) is 118 Å². The van der Waals surface area contributed by atoms with Crippen LogP contribution in [-0.4, -0.2) is 33.1 Å². The molecule has 12 bridgehead atoms. The number of allylic oxidation sites excluding steroid dienone is 4. The molecule has 0 spiro atoms. The Kier molecular flexibility index (Phi) is 21.6. The van der Waals surface area contributed by atoms with Crippen molar-refractivity contribution in [2.45, 2.75) is 11.2 Å². The van der Waals surface area contributed by atoms with Crippen LogP contribution in [0.1, 0.15) is 56.2 Å². The second-order valence-corrected chi connectivity index (χ2v) is 23.2. The van der Waals surface area contributed by atoms with Crippen LogP contribution in [0.2, 0.25) is 0 Å². The van der Waals surface area contributed by atoms with E-state index in [1.54, 1.807) is 0 Å². The molecule has 8 nitrogen and oxygen atoms in total. The van der Waals surface area contributed by atoms with Gasteiger partial charge in [0, 0.05) is 22.3 Å². The first-order chi connectivity index (χ1) is 53.9. The van der Waals surface area contributed by atoms with Gasteiger partial charge in [0.1, 0.15) is 68.9 Å². The number of aromatic nitrogens is 2. The van der Waals surface area contributed by atoms with Crippen LogP contribution in [0, 0.1) is 198 Å². The van der Waals surface area contributed by atoms with Crippen molar-refractivity contribution in [1.29, 1.82) is 0 Å². The minimum absolute atomic E-state index is 0. The fraction of sp³-hybridized carbons (Fsp3) is 0.0303. The molecule has 2 aromatic heterocycles. The number of nitrogens with zero attached hydrogens (tertiary/aromatic N) is 6. The second-order valence-electron chi connectivity index (χ2n) is 23.2. The van der Waals surface area contributed by atoms with Gasteiger partial charge in [0.2, 0.25) is 34.9 Å². The Bertz CT molecular complexity index is 5650. The molecule has 0 saturated carbocycles. The molecule has 6 aromatic carbocycles. The molecular weight excluding hydrogens is 1830 g/mol. The van der Waals surface area contributed by atoms with E-state index in [4.69, 9.17) is 0 Å². The summed E-state index contributed by atoms with van der Waals surface area (Å²) in [6.45, 7) is 0. The van der Waals surface area contributed by atoms with Gasteiger partial charge in [0.25, 0.3) is 0 Å². The van der Waals surface area contributed by atoms with Crippen LogP contribution in [-0.2, 0) is 45.3 Å². The van der Waals surface area contributed by atoms with Gasteiger partial charge in [-0.25, -0.2) is 204 Å². The van der Waals surface area contributed by atoms with Crippen molar-refractivity contribution in [3.8, 4) is 0 Å². The number of hydrogen-bond acceptors (Lipinski definition) is 6. The molecule has 13 rings (SSSR count). The minimum Gasteiger partial charge on any atom is -0.652 e. The van der Waals surface area contributed by atoms with Crippen molar-refractivity contribution in [3.05, 3.63) is 323 Å². The molecule has 7 heterocycles. The van der Waals surface area contributed by atoms with Crippen molar-refractivity contribution >= 4 is 45.1 Å². The zero-order valence-corrected chi connectivity index (χ0v) is 54.9. The van der Waals surface area contributed by atoms with E-state index in [2.05, 4.69) is 29.9 Å². The molecule has 0 saturated heterocycles. The Balaban J connectivity index is 0.00000683. The van der Waals surface area contributed by atoms with E-state index >= 15 is 158 Å². The first-order valence-electron chi connectivity index (χ1n) is 29.1. The van der Waals surface area contributed by atoms with Crippen molar-refractivity contribution in [3.63, 3.8) is 0 Å². The molecule has 0 unspecified atom stereocenters. The van der Waals surface area contributed by atoms with E-state index < -0.39 is 380 Å². The van der Waals surface area contributed by atoms with Crippen LogP contribution in [0.5, 0.6) is 0 Å². The predicted octanol–water partition coefficient (Wildman–Crippen LogP) is 19.3. The molecule has 5 aliphatic heterocycles. The SMILES string of the molecule is OC1(c2c(F)c(F)c(F)c(F)c2F)C2=N/C(=C(/c3c(F)c(F)c(F)c(F)c3F)c3[n-]c(c(F)c3F)/C(c3c(F)c(F)c(F)c(F)c3F)=C3\N=C(C(F)=C3F)C(O)(c3c(F)c(F)c(F)c(F)c3F)C3=N/C(=C(/c4c(F)c(F)c(F)c(F)c4F)c4[n-]c(c(F)c4F)/C(c4c(F)c(F)c(F)c(F)c4F)=C4\N=C1C(F)=C4F)C(F)=C3F)C(F)=C2F.[Cu+].[Cu+]. The predicted molar refractivity (Wildman–Crippen MR) is 295 cm³/mol. The van der Waals surface area contributed by atoms with E-state index in [-0.39, 0.29) is 34.1 Å². The number of fused-ring (bicyclic) bond motifs is 8. The molecule has 0 atom stereocenters. The molecule has 624 valence electrons. The summed E-state index contributed by atoms with van der Waals surface area (Å²) < 4.78 is 685. The Morgan fingerprint density at radius 3 is 0.441 bits per heavy atom. The number of aliphatic hydroxyl groups is 2. The Hall–Kier alpha value is -11.5. The standard InChI is InChI=1S/C66H2F42N6O2.2Cu/c67-11-1(12(68)24(80)35(91)23(11)79)5-53-41(97)42(98)54(109-53)6(2-13(69)25(81)36(92)26(82)14(2)70)58-46(102)51(107)63(112-58)66(116,10-21(77)33(89)40(96)34(90)22(10)78)64-52(108)48(104)60(114-64)8(4-17(73)29(85)38(94)30(86)18(4)74)56-44(100)43(99)55(110-56)7(3-15(71)27(83)37(93)28(84)16(3)72)59-47(103)50(106)62(113-59)65(115,61-49(105)45(101)57(5)111-61)9-19(75)31(87)39(95)32(88)20(9)76;;/h115-116H;;/q-2;2*+1/b57-5-,58-6-,59-7-,60-8-;;. The quantitative estimate of drug-likeness (QED) is 0.0746. The number of rotatable bonds is 6. The van der Waals surface area contributed by atoms with E-state index in [1.807, 2.05) is 0 Å². The molecule has 0 amide bonds. The zero-order chi connectivity index (χ0) is 86.2. The molecular formula is C66H2Cu2F42N6O2. The van der Waals surface area contributed by atoms with Crippen molar-refractivity contribution in [1.82, 2.24) is 9.97 Å². The minimum atomic E-state index is -6.33. The van der Waals surface area contributed by atoms with Gasteiger partial charge in [0.05, 0.1) is 33.4 Å². The number of hydrogen-bond donors (Lipinski definition) is 2. The summed E-state index contributed by atoms with van der Waals surface area (Å²) in [5.74, 6) is -159. The van der Waals surface area contributed by atoms with Gasteiger partial charge in [-0.3, -0.25) is 0 Å². The summed E-state index contributed by atoms with van der Waals surface area (Å²) in [7, 11) is 0. The summed E-state index contributed by atoms with van der Waals surface area (Å²) in [6.07, 6.45) is 0. The largest absolute Gasteiger partial charge is 1.00 e. The fourth-order valence-electron chi connectivity index (χ4n) is 12.0. The van der Waals surface area contributed by atoms with E-state index in [9.17, 15) is 36.6 Å². The number of aliphatic imine (C=N–C) groups is 4. The third kappa shape index (κ3) is 11.5. The first-order valence-corrected chi connectivity index (χ1v) is 29.1. The average molecular weight is 1840 g/mol. The van der Waals surface area contributed by atoms with E-state index in [1.165, 1.54) is 0 Å². The van der Waals surface area contributed by atoms with E-state index in [0.29, 0.717) is 0 Å². The van der Waals surface area contributed by atoms with Crippen molar-refractivity contribution in [2.24, 2.45) is 20.0 Å². The zero-order valence-electron chi connectivity index (χ0n) is 53.1. The van der Waals surface area contributed by atoms with Gasteiger partial charge in [-0.05, 0) is 0 Å². The monoisotopic (exact) mass is 1830 g/mol. The van der Waals surface area contributed by atoms with Crippen LogP contribution in [0.15, 0.2) is 89.4 Å². The molecule has 5 aliphatic rings. The fourth-order valence-corrected chi connectivity index (χ4v) is 12.0. The van der Waals surface area contributed by atoms with Crippen LogP contribution >= 0.6 is 0 Å². The summed E-state index contributed by atoms with van der Waals surface area (Å²) in [4.78, 5) is 15.1.